The van der Waals surface area contributed by atoms with Crippen LogP contribution < -0.4 is 0 Å². The zero-order valence-corrected chi connectivity index (χ0v) is 8.47. The molecule has 1 nitrogen and oxygen atoms in total. The molecule has 1 aromatic rings. The van der Waals surface area contributed by atoms with Gasteiger partial charge in [-0.1, -0.05) is 29.8 Å². The van der Waals surface area contributed by atoms with Crippen molar-refractivity contribution >= 4 is 6.29 Å². The van der Waals surface area contributed by atoms with Gasteiger partial charge in [0.05, 0.1) is 5.41 Å². The summed E-state index contributed by atoms with van der Waals surface area (Å²) >= 11 is 0. The van der Waals surface area contributed by atoms with E-state index in [0.29, 0.717) is 11.8 Å². The van der Waals surface area contributed by atoms with Crippen LogP contribution in [0.3, 0.4) is 0 Å². The lowest BCUT2D eigenvalue weighted by atomic mass is 9.63. The second-order valence-electron chi connectivity index (χ2n) is 4.35. The fourth-order valence-corrected chi connectivity index (χ4v) is 2.18. The van der Waals surface area contributed by atoms with E-state index in [9.17, 15) is 13.6 Å². The van der Waals surface area contributed by atoms with Crippen molar-refractivity contribution in [2.75, 3.05) is 0 Å². The summed E-state index contributed by atoms with van der Waals surface area (Å²) < 4.78 is 25.7. The van der Waals surface area contributed by atoms with E-state index in [1.165, 1.54) is 0 Å². The first-order chi connectivity index (χ1) is 6.97. The van der Waals surface area contributed by atoms with Gasteiger partial charge in [-0.25, -0.2) is 8.78 Å². The lowest BCUT2D eigenvalue weighted by Gasteiger charge is -2.43. The van der Waals surface area contributed by atoms with Crippen LogP contribution in [0.4, 0.5) is 8.78 Å². The molecular weight excluding hydrogens is 198 g/mol. The van der Waals surface area contributed by atoms with E-state index in [2.05, 4.69) is 0 Å². The van der Waals surface area contributed by atoms with Gasteiger partial charge in [-0.2, -0.15) is 0 Å². The molecule has 1 aromatic carbocycles. The van der Waals surface area contributed by atoms with E-state index in [0.717, 1.165) is 5.56 Å². The van der Waals surface area contributed by atoms with Crippen LogP contribution in [0.25, 0.3) is 0 Å². The first-order valence-corrected chi connectivity index (χ1v) is 4.89. The molecule has 1 fully saturated rings. The van der Waals surface area contributed by atoms with Crippen LogP contribution in [0.5, 0.6) is 0 Å². The highest BCUT2D eigenvalue weighted by Crippen LogP contribution is 2.52. The molecule has 3 heteroatoms. The van der Waals surface area contributed by atoms with Crippen LogP contribution in [-0.4, -0.2) is 12.2 Å². The summed E-state index contributed by atoms with van der Waals surface area (Å²) in [5.41, 5.74) is 0.752. The number of aldehydes is 1. The van der Waals surface area contributed by atoms with Crippen molar-refractivity contribution in [3.05, 3.63) is 35.4 Å². The van der Waals surface area contributed by atoms with E-state index < -0.39 is 11.3 Å². The van der Waals surface area contributed by atoms with Crippen molar-refractivity contribution in [1.29, 1.82) is 0 Å². The van der Waals surface area contributed by atoms with Crippen molar-refractivity contribution in [3.8, 4) is 0 Å². The largest absolute Gasteiger partial charge is 0.302 e. The fourth-order valence-electron chi connectivity index (χ4n) is 2.18. The van der Waals surface area contributed by atoms with Crippen LogP contribution >= 0.6 is 0 Å². The van der Waals surface area contributed by atoms with Gasteiger partial charge in [0.2, 0.25) is 0 Å². The number of hydrogen-bond donors (Lipinski definition) is 0. The normalized spacial score (nSPS) is 21.8. The minimum atomic E-state index is -2.68. The Labute approximate surface area is 87.1 Å². The van der Waals surface area contributed by atoms with Crippen molar-refractivity contribution in [3.63, 3.8) is 0 Å². The number of rotatable bonds is 2. The number of hydrogen-bond acceptors (Lipinski definition) is 1. The molecule has 0 atom stereocenters. The molecule has 0 spiro atoms. The molecule has 0 amide bonds. The Balaban J connectivity index is 2.33. The zero-order chi connectivity index (χ0) is 11.1. The molecule has 0 saturated heterocycles. The highest BCUT2D eigenvalue weighted by molar-refractivity contribution is 5.71. The van der Waals surface area contributed by atoms with E-state index in [1.54, 1.807) is 12.1 Å². The average Bonchev–Trinajstić information content (AvgIpc) is 2.13. The molecule has 1 saturated carbocycles. The molecule has 1 aliphatic rings. The van der Waals surface area contributed by atoms with Crippen LogP contribution in [0, 0.1) is 6.92 Å². The maximum atomic E-state index is 12.8. The summed E-state index contributed by atoms with van der Waals surface area (Å²) in [6.07, 6.45) is -0.0426. The second-order valence-corrected chi connectivity index (χ2v) is 4.35. The maximum Gasteiger partial charge on any atom is 0.250 e. The first-order valence-electron chi connectivity index (χ1n) is 4.89. The van der Waals surface area contributed by atoms with E-state index in [4.69, 9.17) is 0 Å². The van der Waals surface area contributed by atoms with Gasteiger partial charge in [-0.05, 0) is 12.5 Å². The molecule has 1 aliphatic carbocycles. The average molecular weight is 210 g/mol. The van der Waals surface area contributed by atoms with Crippen molar-refractivity contribution < 1.29 is 13.6 Å². The van der Waals surface area contributed by atoms with E-state index >= 15 is 0 Å². The number of carbonyl (C=O) groups excluding carboxylic acids is 1. The Bertz CT molecular complexity index is 390. The summed E-state index contributed by atoms with van der Waals surface area (Å²) in [4.78, 5) is 11.0. The van der Waals surface area contributed by atoms with Gasteiger partial charge in [0.1, 0.15) is 6.29 Å². The van der Waals surface area contributed by atoms with E-state index in [1.807, 2.05) is 19.1 Å². The van der Waals surface area contributed by atoms with Crippen LogP contribution in [0.15, 0.2) is 24.3 Å². The van der Waals surface area contributed by atoms with Crippen LogP contribution in [0.2, 0.25) is 0 Å². The maximum absolute atomic E-state index is 12.8. The number of carbonyl (C=O) groups is 1. The predicted octanol–water partition coefficient (Wildman–Crippen LogP) is 2.86. The standard InChI is InChI=1S/C12H12F2O/c1-9-3-2-4-10(5-9)11(8-15)6-12(13,14)7-11/h2-5,8H,6-7H2,1H3. The molecule has 0 aliphatic heterocycles. The Morgan fingerprint density at radius 3 is 2.47 bits per heavy atom. The minimum Gasteiger partial charge on any atom is -0.302 e. The number of alkyl halides is 2. The zero-order valence-electron chi connectivity index (χ0n) is 8.47. The molecule has 80 valence electrons. The quantitative estimate of drug-likeness (QED) is 0.686. The third-order valence-electron chi connectivity index (χ3n) is 2.97. The molecule has 15 heavy (non-hydrogen) atoms. The summed E-state index contributed by atoms with van der Waals surface area (Å²) in [6.45, 7) is 1.89. The highest BCUT2D eigenvalue weighted by Gasteiger charge is 2.57. The van der Waals surface area contributed by atoms with Gasteiger partial charge in [-0.15, -0.1) is 0 Å². The Hall–Kier alpha value is -1.25. The molecule has 0 N–H and O–H groups in total. The Morgan fingerprint density at radius 2 is 2.00 bits per heavy atom. The Morgan fingerprint density at radius 1 is 1.33 bits per heavy atom. The summed E-state index contributed by atoms with van der Waals surface area (Å²) in [5.74, 6) is -2.68. The molecular formula is C12H12F2O. The minimum absolute atomic E-state index is 0.354. The lowest BCUT2D eigenvalue weighted by Crippen LogP contribution is -2.50. The number of benzene rings is 1. The summed E-state index contributed by atoms with van der Waals surface area (Å²) in [6, 6.07) is 7.24. The van der Waals surface area contributed by atoms with E-state index in [-0.39, 0.29) is 12.8 Å². The van der Waals surface area contributed by atoms with Crippen molar-refractivity contribution in [1.82, 2.24) is 0 Å². The van der Waals surface area contributed by atoms with Gasteiger partial charge in [-0.3, -0.25) is 0 Å². The molecule has 0 bridgehead atoms. The number of halogens is 2. The first kappa shape index (κ1) is 10.3. The molecule has 2 rings (SSSR count). The highest BCUT2D eigenvalue weighted by atomic mass is 19.3. The summed E-state index contributed by atoms with van der Waals surface area (Å²) in [5, 5.41) is 0. The number of aryl methyl sites for hydroxylation is 1. The molecule has 0 unspecified atom stereocenters. The van der Waals surface area contributed by atoms with Gasteiger partial charge in [0.25, 0.3) is 5.92 Å². The third kappa shape index (κ3) is 1.66. The molecule has 0 aromatic heterocycles. The van der Waals surface area contributed by atoms with Crippen LogP contribution in [-0.2, 0) is 10.2 Å². The summed E-state index contributed by atoms with van der Waals surface area (Å²) in [7, 11) is 0. The van der Waals surface area contributed by atoms with Crippen molar-refractivity contribution in [2.45, 2.75) is 31.1 Å². The van der Waals surface area contributed by atoms with Gasteiger partial charge >= 0.3 is 0 Å². The molecule has 0 radical (unpaired) electrons. The smallest absolute Gasteiger partial charge is 0.250 e. The van der Waals surface area contributed by atoms with Gasteiger partial charge in [0, 0.05) is 12.8 Å². The molecule has 0 heterocycles. The second kappa shape index (κ2) is 3.12. The monoisotopic (exact) mass is 210 g/mol. The van der Waals surface area contributed by atoms with Gasteiger partial charge in [0.15, 0.2) is 0 Å². The lowest BCUT2D eigenvalue weighted by molar-refractivity contribution is -0.146. The van der Waals surface area contributed by atoms with Crippen LogP contribution in [0.1, 0.15) is 24.0 Å². The predicted molar refractivity (Wildman–Crippen MR) is 53.1 cm³/mol. The fraction of sp³-hybridized carbons (Fsp3) is 0.417. The topological polar surface area (TPSA) is 17.1 Å². The van der Waals surface area contributed by atoms with Gasteiger partial charge < -0.3 is 4.79 Å². The third-order valence-corrected chi connectivity index (χ3v) is 2.97. The Kier molecular flexibility index (Phi) is 2.14. The SMILES string of the molecule is Cc1cccc(C2(C=O)CC(F)(F)C2)c1. The van der Waals surface area contributed by atoms with Crippen molar-refractivity contribution in [2.24, 2.45) is 0 Å².